The summed E-state index contributed by atoms with van der Waals surface area (Å²) in [6.07, 6.45) is 4.54. The van der Waals surface area contributed by atoms with Crippen molar-refractivity contribution in [1.29, 1.82) is 0 Å². The first kappa shape index (κ1) is 16.6. The van der Waals surface area contributed by atoms with E-state index in [2.05, 4.69) is 19.3 Å². The number of hydrazine groups is 1. The van der Waals surface area contributed by atoms with Gasteiger partial charge in [0.05, 0.1) is 18.8 Å². The van der Waals surface area contributed by atoms with Crippen molar-refractivity contribution in [2.45, 2.75) is 50.4 Å². The van der Waals surface area contributed by atoms with Gasteiger partial charge in [-0.15, -0.1) is 11.8 Å². The van der Waals surface area contributed by atoms with Crippen LogP contribution in [-0.2, 0) is 9.59 Å². The van der Waals surface area contributed by atoms with Crippen LogP contribution in [0.25, 0.3) is 0 Å². The van der Waals surface area contributed by atoms with Crippen LogP contribution < -0.4 is 16.2 Å². The van der Waals surface area contributed by atoms with Crippen LogP contribution in [0.2, 0.25) is 0 Å². The number of fused-ring (bicyclic) bond motifs is 1. The number of hydrogen-bond donors (Lipinski definition) is 3. The second kappa shape index (κ2) is 6.98. The highest BCUT2D eigenvalue weighted by Gasteiger charge is 2.54. The second-order valence-electron chi connectivity index (χ2n) is 6.22. The van der Waals surface area contributed by atoms with Crippen molar-refractivity contribution in [2.75, 3.05) is 25.4 Å². The molecule has 21 heavy (non-hydrogen) atoms. The summed E-state index contributed by atoms with van der Waals surface area (Å²) in [4.78, 5) is 27.0. The molecule has 2 aliphatic heterocycles. The lowest BCUT2D eigenvalue weighted by Crippen LogP contribution is -3.24. The molecule has 0 aromatic rings. The number of nitrogens with two attached hydrogens (primary N) is 1. The third-order valence-corrected chi connectivity index (χ3v) is 6.31. The Morgan fingerprint density at radius 2 is 2.33 bits per heavy atom. The summed E-state index contributed by atoms with van der Waals surface area (Å²) in [5, 5.41) is 0.191. The zero-order chi connectivity index (χ0) is 15.5. The van der Waals surface area contributed by atoms with E-state index in [9.17, 15) is 9.59 Å². The summed E-state index contributed by atoms with van der Waals surface area (Å²) >= 11 is 1.73. The van der Waals surface area contributed by atoms with E-state index in [1.54, 1.807) is 11.8 Å². The van der Waals surface area contributed by atoms with E-state index >= 15 is 0 Å². The number of nitrogens with one attached hydrogen (secondary N) is 2. The first-order chi connectivity index (χ1) is 10.0. The molecule has 0 saturated carbocycles. The molecule has 0 radical (unpaired) electrons. The van der Waals surface area contributed by atoms with Crippen LogP contribution in [0.3, 0.4) is 0 Å². The minimum atomic E-state index is -0.130. The molecular weight excluding hydrogens is 288 g/mol. The molecular formula is C14H27N4O2S+. The Kier molecular flexibility index (Phi) is 5.51. The number of rotatable bonds is 6. The van der Waals surface area contributed by atoms with Gasteiger partial charge in [-0.1, -0.05) is 19.8 Å². The Balaban J connectivity index is 2.15. The standard InChI is InChI=1S/C14H26N4O2S/c1-3-4-5-6-14(2)13-18(12(20)10-21-13)8-7-17(14)9-11(19)16-15/h13H,3-10,15H2,1-2H3,(H,16,19)/p+1/t13-,14+/m0/s1. The normalized spacial score (nSPS) is 32.1. The highest BCUT2D eigenvalue weighted by Crippen LogP contribution is 2.35. The van der Waals surface area contributed by atoms with E-state index in [0.717, 1.165) is 25.9 Å². The highest BCUT2D eigenvalue weighted by molar-refractivity contribution is 8.01. The molecule has 2 rings (SSSR count). The lowest BCUT2D eigenvalue weighted by Gasteiger charge is -2.48. The van der Waals surface area contributed by atoms with Crippen LogP contribution in [0, 0.1) is 0 Å². The lowest BCUT2D eigenvalue weighted by molar-refractivity contribution is -0.950. The van der Waals surface area contributed by atoms with Gasteiger partial charge in [-0.3, -0.25) is 15.0 Å². The van der Waals surface area contributed by atoms with Crippen LogP contribution in [-0.4, -0.2) is 53.0 Å². The van der Waals surface area contributed by atoms with Crippen molar-refractivity contribution in [2.24, 2.45) is 5.84 Å². The van der Waals surface area contributed by atoms with Crippen LogP contribution in [0.4, 0.5) is 0 Å². The predicted molar refractivity (Wildman–Crippen MR) is 83.5 cm³/mol. The van der Waals surface area contributed by atoms with E-state index in [1.165, 1.54) is 17.7 Å². The Bertz CT molecular complexity index is 406. The number of unbranched alkanes of at least 4 members (excludes halogenated alkanes) is 2. The van der Waals surface area contributed by atoms with Crippen molar-refractivity contribution in [3.8, 4) is 0 Å². The fourth-order valence-corrected chi connectivity index (χ4v) is 5.04. The third kappa shape index (κ3) is 3.35. The molecule has 6 nitrogen and oxygen atoms in total. The van der Waals surface area contributed by atoms with Gasteiger partial charge in [-0.25, -0.2) is 5.84 Å². The summed E-state index contributed by atoms with van der Waals surface area (Å²) in [6.45, 7) is 6.37. The van der Waals surface area contributed by atoms with Crippen LogP contribution in [0.15, 0.2) is 0 Å². The van der Waals surface area contributed by atoms with E-state index < -0.39 is 0 Å². The molecule has 0 aromatic heterocycles. The van der Waals surface area contributed by atoms with Gasteiger partial charge >= 0.3 is 0 Å². The van der Waals surface area contributed by atoms with Crippen molar-refractivity contribution in [1.82, 2.24) is 10.3 Å². The number of piperazine rings is 1. The van der Waals surface area contributed by atoms with Gasteiger partial charge in [-0.05, 0) is 13.3 Å². The van der Waals surface area contributed by atoms with Crippen LogP contribution >= 0.6 is 11.8 Å². The number of amides is 2. The molecule has 3 atom stereocenters. The lowest BCUT2D eigenvalue weighted by atomic mass is 9.89. The summed E-state index contributed by atoms with van der Waals surface area (Å²) in [5.74, 6) is 5.93. The zero-order valence-corrected chi connectivity index (χ0v) is 13.8. The first-order valence-electron chi connectivity index (χ1n) is 7.78. The fraction of sp³-hybridized carbons (Fsp3) is 0.857. The maximum atomic E-state index is 12.0. The first-order valence-corrected chi connectivity index (χ1v) is 8.83. The molecule has 0 bridgehead atoms. The molecule has 2 saturated heterocycles. The van der Waals surface area contributed by atoms with E-state index in [4.69, 9.17) is 5.84 Å². The van der Waals surface area contributed by atoms with Gasteiger partial charge < -0.3 is 9.80 Å². The number of carbonyl (C=O) groups excluding carboxylic acids is 2. The average Bonchev–Trinajstić information content (AvgIpc) is 2.85. The quantitative estimate of drug-likeness (QED) is 0.257. The zero-order valence-electron chi connectivity index (χ0n) is 13.0. The third-order valence-electron chi connectivity index (χ3n) is 4.81. The average molecular weight is 315 g/mol. The van der Waals surface area contributed by atoms with E-state index in [1.807, 2.05) is 4.90 Å². The fourth-order valence-electron chi connectivity index (χ4n) is 3.52. The molecule has 0 spiro atoms. The predicted octanol–water partition coefficient (Wildman–Crippen LogP) is -0.885. The van der Waals surface area contributed by atoms with Gasteiger partial charge in [-0.2, -0.15) is 0 Å². The van der Waals surface area contributed by atoms with Crippen molar-refractivity contribution >= 4 is 23.6 Å². The summed E-state index contributed by atoms with van der Waals surface area (Å²) in [5.41, 5.74) is 2.17. The number of carbonyl (C=O) groups is 2. The largest absolute Gasteiger partial charge is 0.319 e. The molecule has 2 heterocycles. The van der Waals surface area contributed by atoms with Crippen LogP contribution in [0.5, 0.6) is 0 Å². The minimum Gasteiger partial charge on any atom is -0.319 e. The second-order valence-corrected chi connectivity index (χ2v) is 7.29. The molecule has 2 fully saturated rings. The molecule has 0 aromatic carbocycles. The van der Waals surface area contributed by atoms with Crippen molar-refractivity contribution in [3.05, 3.63) is 0 Å². The molecule has 7 heteroatoms. The van der Waals surface area contributed by atoms with Crippen molar-refractivity contribution < 1.29 is 14.5 Å². The monoisotopic (exact) mass is 315 g/mol. The molecule has 4 N–H and O–H groups in total. The maximum Gasteiger partial charge on any atom is 0.289 e. The molecule has 1 unspecified atom stereocenters. The summed E-state index contributed by atoms with van der Waals surface area (Å²) in [6, 6.07) is 0. The molecule has 2 aliphatic rings. The highest BCUT2D eigenvalue weighted by atomic mass is 32.2. The van der Waals surface area contributed by atoms with Gasteiger partial charge in [0.15, 0.2) is 6.54 Å². The van der Waals surface area contributed by atoms with Crippen LogP contribution in [0.1, 0.15) is 39.5 Å². The Labute approximate surface area is 130 Å². The molecule has 120 valence electrons. The Morgan fingerprint density at radius 1 is 1.57 bits per heavy atom. The summed E-state index contributed by atoms with van der Waals surface area (Å²) < 4.78 is 0. The van der Waals surface area contributed by atoms with E-state index in [0.29, 0.717) is 12.3 Å². The molecule has 2 amide bonds. The topological polar surface area (TPSA) is 79.9 Å². The minimum absolute atomic E-state index is 0.0727. The number of thioether (sulfide) groups is 1. The Hall–Kier alpha value is -0.790. The number of nitrogens with zero attached hydrogens (tertiary/aromatic N) is 1. The SMILES string of the molecule is CCCCC[C@]1(C)[C@@H]2SCC(=O)N2CC[NH+]1CC(=O)NN. The van der Waals surface area contributed by atoms with Gasteiger partial charge in [0.2, 0.25) is 5.91 Å². The van der Waals surface area contributed by atoms with Gasteiger partial charge in [0, 0.05) is 6.42 Å². The number of hydrogen-bond acceptors (Lipinski definition) is 4. The van der Waals surface area contributed by atoms with Gasteiger partial charge in [0.25, 0.3) is 5.91 Å². The maximum absolute atomic E-state index is 12.0. The molecule has 0 aliphatic carbocycles. The summed E-state index contributed by atoms with van der Waals surface area (Å²) in [7, 11) is 0. The smallest absolute Gasteiger partial charge is 0.289 e. The van der Waals surface area contributed by atoms with Crippen molar-refractivity contribution in [3.63, 3.8) is 0 Å². The van der Waals surface area contributed by atoms with Gasteiger partial charge in [0.1, 0.15) is 10.9 Å². The number of quaternary nitrogens is 1. The Morgan fingerprint density at radius 3 is 3.00 bits per heavy atom. The van der Waals surface area contributed by atoms with E-state index in [-0.39, 0.29) is 22.7 Å².